The average molecular weight is 421 g/mol. The molecule has 1 atom stereocenters. The van der Waals surface area contributed by atoms with Crippen LogP contribution in [0.4, 0.5) is 10.5 Å². The Morgan fingerprint density at radius 1 is 1.03 bits per heavy atom. The lowest BCUT2D eigenvalue weighted by atomic mass is 10.1. The van der Waals surface area contributed by atoms with Gasteiger partial charge in [0.25, 0.3) is 0 Å². The first-order valence-electron chi connectivity index (χ1n) is 10.1. The van der Waals surface area contributed by atoms with Crippen molar-refractivity contribution in [1.82, 2.24) is 16.0 Å². The maximum absolute atomic E-state index is 11.7. The molecule has 0 saturated heterocycles. The van der Waals surface area contributed by atoms with Crippen LogP contribution in [-0.4, -0.2) is 47.3 Å². The smallest absolute Gasteiger partial charge is 0.326 e. The molecule has 0 bridgehead atoms. The minimum atomic E-state index is -1.12. The van der Waals surface area contributed by atoms with Gasteiger partial charge >= 0.3 is 18.0 Å². The number of carboxylic acids is 2. The highest BCUT2D eigenvalue weighted by Crippen LogP contribution is 2.11. The second-order valence-electron chi connectivity index (χ2n) is 6.87. The zero-order valence-electron chi connectivity index (χ0n) is 17.5. The molecule has 0 heterocycles. The van der Waals surface area contributed by atoms with E-state index in [-0.39, 0.29) is 19.4 Å². The standard InChI is InChI=1S/C21H32N4O5/c1-3-6-18(24-16-10-8-15(2)9-11-16)22-13-5-4-7-17(20(28)29)25-21(30)23-14-12-19(26)27/h6,8-11,17,22,24H,3-5,7,12-14H2,1-2H3,(H,26,27)(H,28,29)(H2,23,25,30)/b18-6+. The molecule has 0 aromatic heterocycles. The van der Waals surface area contributed by atoms with Crippen molar-refractivity contribution in [3.63, 3.8) is 0 Å². The number of urea groups is 1. The zero-order chi connectivity index (χ0) is 22.4. The van der Waals surface area contributed by atoms with Crippen molar-refractivity contribution >= 4 is 23.7 Å². The Labute approximate surface area is 176 Å². The highest BCUT2D eigenvalue weighted by atomic mass is 16.4. The van der Waals surface area contributed by atoms with Gasteiger partial charge in [0.15, 0.2) is 0 Å². The van der Waals surface area contributed by atoms with Crippen LogP contribution in [0.1, 0.15) is 44.6 Å². The number of hydrogen-bond donors (Lipinski definition) is 6. The Hall–Kier alpha value is -3.23. The Balaban J connectivity index is 2.36. The molecule has 6 N–H and O–H groups in total. The van der Waals surface area contributed by atoms with Gasteiger partial charge in [0, 0.05) is 18.8 Å². The number of carboxylic acid groups (broad SMARTS) is 2. The van der Waals surface area contributed by atoms with Crippen LogP contribution in [0, 0.1) is 6.92 Å². The summed E-state index contributed by atoms with van der Waals surface area (Å²) >= 11 is 0. The van der Waals surface area contributed by atoms with E-state index >= 15 is 0 Å². The molecule has 0 radical (unpaired) electrons. The van der Waals surface area contributed by atoms with Crippen molar-refractivity contribution in [1.29, 1.82) is 0 Å². The topological polar surface area (TPSA) is 140 Å². The summed E-state index contributed by atoms with van der Waals surface area (Å²) in [6.45, 7) is 4.67. The number of aliphatic carboxylic acids is 2. The molecule has 2 amide bonds. The quantitative estimate of drug-likeness (QED) is 0.254. The van der Waals surface area contributed by atoms with E-state index in [4.69, 9.17) is 5.11 Å². The summed E-state index contributed by atoms with van der Waals surface area (Å²) in [7, 11) is 0. The predicted molar refractivity (Wildman–Crippen MR) is 115 cm³/mol. The largest absolute Gasteiger partial charge is 0.481 e. The van der Waals surface area contributed by atoms with Gasteiger partial charge in [-0.15, -0.1) is 0 Å². The van der Waals surface area contributed by atoms with Crippen LogP contribution in [-0.2, 0) is 9.59 Å². The van der Waals surface area contributed by atoms with E-state index in [1.54, 1.807) is 0 Å². The average Bonchev–Trinajstić information content (AvgIpc) is 2.68. The number of benzene rings is 1. The lowest BCUT2D eigenvalue weighted by Gasteiger charge is -2.16. The molecule has 0 saturated carbocycles. The number of hydrogen-bond acceptors (Lipinski definition) is 5. The number of allylic oxidation sites excluding steroid dienone is 1. The van der Waals surface area contributed by atoms with Gasteiger partial charge in [-0.3, -0.25) is 4.79 Å². The molecule has 0 aliphatic carbocycles. The van der Waals surface area contributed by atoms with Gasteiger partial charge in [-0.1, -0.05) is 24.6 Å². The molecule has 0 spiro atoms. The van der Waals surface area contributed by atoms with Crippen molar-refractivity contribution in [2.24, 2.45) is 0 Å². The molecule has 166 valence electrons. The van der Waals surface area contributed by atoms with Crippen molar-refractivity contribution in [3.05, 3.63) is 41.7 Å². The molecule has 0 fully saturated rings. The molecule has 1 rings (SSSR count). The Bertz CT molecular complexity index is 719. The van der Waals surface area contributed by atoms with E-state index in [2.05, 4.69) is 21.3 Å². The third-order valence-corrected chi connectivity index (χ3v) is 4.20. The molecule has 1 aromatic carbocycles. The zero-order valence-corrected chi connectivity index (χ0v) is 17.5. The summed E-state index contributed by atoms with van der Waals surface area (Å²) in [5, 5.41) is 29.1. The Morgan fingerprint density at radius 2 is 1.73 bits per heavy atom. The van der Waals surface area contributed by atoms with Gasteiger partial charge < -0.3 is 31.5 Å². The summed E-state index contributed by atoms with van der Waals surface area (Å²) in [4.78, 5) is 33.4. The fourth-order valence-electron chi connectivity index (χ4n) is 2.61. The van der Waals surface area contributed by atoms with E-state index in [1.165, 1.54) is 5.56 Å². The van der Waals surface area contributed by atoms with E-state index in [0.29, 0.717) is 13.0 Å². The van der Waals surface area contributed by atoms with E-state index in [9.17, 15) is 19.5 Å². The summed E-state index contributed by atoms with van der Waals surface area (Å²) < 4.78 is 0. The normalized spacial score (nSPS) is 12.0. The molecule has 0 aliphatic rings. The molecule has 9 heteroatoms. The molecular weight excluding hydrogens is 388 g/mol. The highest BCUT2D eigenvalue weighted by molar-refractivity contribution is 5.82. The van der Waals surface area contributed by atoms with Crippen molar-refractivity contribution in [2.45, 2.75) is 52.0 Å². The monoisotopic (exact) mass is 420 g/mol. The van der Waals surface area contributed by atoms with Gasteiger partial charge in [-0.25, -0.2) is 9.59 Å². The molecule has 1 unspecified atom stereocenters. The fraction of sp³-hybridized carbons (Fsp3) is 0.476. The van der Waals surface area contributed by atoms with Crippen LogP contribution in [0.2, 0.25) is 0 Å². The Morgan fingerprint density at radius 3 is 2.33 bits per heavy atom. The van der Waals surface area contributed by atoms with Gasteiger partial charge in [-0.05, 0) is 50.8 Å². The van der Waals surface area contributed by atoms with E-state index in [0.717, 1.165) is 24.4 Å². The highest BCUT2D eigenvalue weighted by Gasteiger charge is 2.19. The van der Waals surface area contributed by atoms with Gasteiger partial charge in [0.1, 0.15) is 6.04 Å². The number of amides is 2. The minimum Gasteiger partial charge on any atom is -0.481 e. The van der Waals surface area contributed by atoms with Crippen LogP contribution in [0.3, 0.4) is 0 Å². The molecular formula is C21H32N4O5. The summed E-state index contributed by atoms with van der Waals surface area (Å²) in [6, 6.07) is 6.37. The number of nitrogens with one attached hydrogen (secondary N) is 4. The maximum Gasteiger partial charge on any atom is 0.326 e. The number of anilines is 1. The second-order valence-corrected chi connectivity index (χ2v) is 6.87. The third kappa shape index (κ3) is 10.9. The molecule has 9 nitrogen and oxygen atoms in total. The summed E-state index contributed by atoms with van der Waals surface area (Å²) in [5.41, 5.74) is 2.17. The van der Waals surface area contributed by atoms with Crippen molar-refractivity contribution in [2.75, 3.05) is 18.4 Å². The van der Waals surface area contributed by atoms with E-state index < -0.39 is 24.0 Å². The number of carbonyl (C=O) groups excluding carboxylic acids is 1. The number of carbonyl (C=O) groups is 3. The van der Waals surface area contributed by atoms with Gasteiger partial charge in [0.05, 0.1) is 12.2 Å². The maximum atomic E-state index is 11.7. The predicted octanol–water partition coefficient (Wildman–Crippen LogP) is 2.65. The number of aryl methyl sites for hydroxylation is 1. The van der Waals surface area contributed by atoms with E-state index in [1.807, 2.05) is 44.2 Å². The minimum absolute atomic E-state index is 0.0576. The van der Waals surface area contributed by atoms with Crippen LogP contribution in [0.15, 0.2) is 36.2 Å². The van der Waals surface area contributed by atoms with Crippen molar-refractivity contribution in [3.8, 4) is 0 Å². The summed E-state index contributed by atoms with van der Waals surface area (Å²) in [5.74, 6) is -1.26. The van der Waals surface area contributed by atoms with Crippen LogP contribution in [0.25, 0.3) is 0 Å². The first kappa shape index (κ1) is 24.8. The number of unbranched alkanes of at least 4 members (excludes halogenated alkanes) is 1. The molecule has 30 heavy (non-hydrogen) atoms. The lowest BCUT2D eigenvalue weighted by Crippen LogP contribution is -2.46. The molecule has 0 aliphatic heterocycles. The van der Waals surface area contributed by atoms with Crippen LogP contribution < -0.4 is 21.3 Å². The first-order valence-corrected chi connectivity index (χ1v) is 10.1. The fourth-order valence-corrected chi connectivity index (χ4v) is 2.61. The lowest BCUT2D eigenvalue weighted by molar-refractivity contribution is -0.139. The third-order valence-electron chi connectivity index (χ3n) is 4.20. The van der Waals surface area contributed by atoms with Crippen molar-refractivity contribution < 1.29 is 24.6 Å². The second kappa shape index (κ2) is 13.9. The van der Waals surface area contributed by atoms with Gasteiger partial charge in [-0.2, -0.15) is 0 Å². The van der Waals surface area contributed by atoms with Gasteiger partial charge in [0.2, 0.25) is 0 Å². The molecule has 1 aromatic rings. The number of rotatable bonds is 14. The SMILES string of the molecule is CC/C=C(\NCCCCC(NC(=O)NCCC(=O)O)C(=O)O)Nc1ccc(C)cc1. The van der Waals surface area contributed by atoms with Crippen LogP contribution in [0.5, 0.6) is 0 Å². The Kier molecular flexibility index (Phi) is 11.5. The first-order chi connectivity index (χ1) is 14.3. The summed E-state index contributed by atoms with van der Waals surface area (Å²) in [6.07, 6.45) is 4.29. The van der Waals surface area contributed by atoms with Crippen LogP contribution >= 0.6 is 0 Å².